The molecule has 0 heterocycles. The summed E-state index contributed by atoms with van der Waals surface area (Å²) in [5.74, 6) is 2.81. The monoisotopic (exact) mass is 400 g/mol. The van der Waals surface area contributed by atoms with E-state index in [2.05, 4.69) is 6.92 Å². The van der Waals surface area contributed by atoms with E-state index in [1.807, 2.05) is 0 Å². The minimum Gasteiger partial charge on any atom is -0.456 e. The molecular weight excluding hydrogens is 368 g/mol. The third-order valence-corrected chi connectivity index (χ3v) is 9.84. The van der Waals surface area contributed by atoms with Crippen LogP contribution >= 0.6 is 0 Å². The van der Waals surface area contributed by atoms with Gasteiger partial charge in [-0.25, -0.2) is 4.79 Å². The molecule has 5 nitrogen and oxygen atoms in total. The maximum absolute atomic E-state index is 13.0. The van der Waals surface area contributed by atoms with Gasteiger partial charge in [-0.1, -0.05) is 0 Å². The Hall–Kier alpha value is -1.39. The second-order valence-corrected chi connectivity index (χ2v) is 11.6. The standard InChI is InChI=1S/C24H32O5/c1-23(18-5-13-2-14(7-18)8-19(23)6-13)29-20(25)12-28-22(27)24-9-15-3-16(10-24)21(26)17(4-15)11-24/h13-19H,2-12H2,1H3. The Kier molecular flexibility index (Phi) is 3.85. The highest BCUT2D eigenvalue weighted by atomic mass is 16.6. The summed E-state index contributed by atoms with van der Waals surface area (Å²) in [4.78, 5) is 38.0. The molecule has 8 aliphatic rings. The fraction of sp³-hybridized carbons (Fsp3) is 0.875. The lowest BCUT2D eigenvalue weighted by Gasteiger charge is -2.59. The van der Waals surface area contributed by atoms with Gasteiger partial charge in [0.25, 0.3) is 0 Å². The van der Waals surface area contributed by atoms with Gasteiger partial charge in [0.1, 0.15) is 11.4 Å². The van der Waals surface area contributed by atoms with Crippen molar-refractivity contribution in [2.45, 2.75) is 76.7 Å². The summed E-state index contributed by atoms with van der Waals surface area (Å²) >= 11 is 0. The van der Waals surface area contributed by atoms with Crippen LogP contribution in [0.25, 0.3) is 0 Å². The van der Waals surface area contributed by atoms with E-state index >= 15 is 0 Å². The van der Waals surface area contributed by atoms with Crippen molar-refractivity contribution in [2.75, 3.05) is 6.61 Å². The molecular formula is C24H32O5. The maximum Gasteiger partial charge on any atom is 0.344 e. The molecule has 0 aromatic heterocycles. The molecule has 2 unspecified atom stereocenters. The normalized spacial score (nSPS) is 51.3. The summed E-state index contributed by atoms with van der Waals surface area (Å²) in [6.07, 6.45) is 10.0. The highest BCUT2D eigenvalue weighted by molar-refractivity contribution is 5.90. The van der Waals surface area contributed by atoms with Crippen molar-refractivity contribution in [1.29, 1.82) is 0 Å². The average Bonchev–Trinajstić information content (AvgIpc) is 2.67. The Balaban J connectivity index is 1.09. The lowest BCUT2D eigenvalue weighted by molar-refractivity contribution is -0.209. The van der Waals surface area contributed by atoms with Crippen molar-refractivity contribution in [3.8, 4) is 0 Å². The number of carbonyl (C=O) groups is 3. The Morgan fingerprint density at radius 1 is 0.862 bits per heavy atom. The van der Waals surface area contributed by atoms with Gasteiger partial charge in [-0.05, 0) is 101 Å². The van der Waals surface area contributed by atoms with Gasteiger partial charge in [0.2, 0.25) is 0 Å². The number of ketones is 1. The topological polar surface area (TPSA) is 69.7 Å². The van der Waals surface area contributed by atoms with Crippen molar-refractivity contribution in [3.63, 3.8) is 0 Å². The summed E-state index contributed by atoms with van der Waals surface area (Å²) in [5, 5.41) is 0. The number of carbonyl (C=O) groups excluding carboxylic acids is 3. The van der Waals surface area contributed by atoms with E-state index < -0.39 is 11.4 Å². The zero-order valence-corrected chi connectivity index (χ0v) is 17.4. The molecule has 158 valence electrons. The van der Waals surface area contributed by atoms with Crippen molar-refractivity contribution in [3.05, 3.63) is 0 Å². The summed E-state index contributed by atoms with van der Waals surface area (Å²) in [5.41, 5.74) is -0.915. The Bertz CT molecular complexity index is 723. The van der Waals surface area contributed by atoms with Crippen LogP contribution in [0, 0.1) is 46.8 Å². The predicted octanol–water partition coefficient (Wildman–Crippen LogP) is 3.68. The first-order valence-corrected chi connectivity index (χ1v) is 11.8. The second-order valence-electron chi connectivity index (χ2n) is 11.6. The molecule has 8 rings (SSSR count). The number of Topliss-reactive ketones (excluding diaryl/α,β-unsaturated/α-hetero) is 1. The average molecular weight is 401 g/mol. The Morgan fingerprint density at radius 3 is 2.03 bits per heavy atom. The van der Waals surface area contributed by atoms with Crippen LogP contribution in [0.15, 0.2) is 0 Å². The van der Waals surface area contributed by atoms with Crippen molar-refractivity contribution < 1.29 is 23.9 Å². The third-order valence-electron chi connectivity index (χ3n) is 9.84. The van der Waals surface area contributed by atoms with Gasteiger partial charge < -0.3 is 9.47 Å². The quantitative estimate of drug-likeness (QED) is 0.673. The number of esters is 2. The highest BCUT2D eigenvalue weighted by Gasteiger charge is 2.60. The van der Waals surface area contributed by atoms with Gasteiger partial charge in [-0.2, -0.15) is 0 Å². The highest BCUT2D eigenvalue weighted by Crippen LogP contribution is 2.60. The number of hydrogen-bond donors (Lipinski definition) is 0. The summed E-state index contributed by atoms with van der Waals surface area (Å²) in [7, 11) is 0. The lowest BCUT2D eigenvalue weighted by atomic mass is 9.49. The van der Waals surface area contributed by atoms with Crippen LogP contribution in [-0.2, 0) is 23.9 Å². The largest absolute Gasteiger partial charge is 0.456 e. The number of hydrogen-bond acceptors (Lipinski definition) is 5. The first-order chi connectivity index (χ1) is 13.8. The van der Waals surface area contributed by atoms with Crippen LogP contribution in [-0.4, -0.2) is 29.9 Å². The third kappa shape index (κ3) is 2.68. The van der Waals surface area contributed by atoms with Crippen LogP contribution in [0.4, 0.5) is 0 Å². The molecule has 8 aliphatic carbocycles. The van der Waals surface area contributed by atoms with E-state index in [4.69, 9.17) is 9.47 Å². The van der Waals surface area contributed by atoms with E-state index in [1.165, 1.54) is 32.1 Å². The van der Waals surface area contributed by atoms with Crippen LogP contribution < -0.4 is 0 Å². The maximum atomic E-state index is 13.0. The Morgan fingerprint density at radius 2 is 1.45 bits per heavy atom. The zero-order chi connectivity index (χ0) is 20.0. The van der Waals surface area contributed by atoms with E-state index in [0.717, 1.165) is 31.1 Å². The molecule has 0 aromatic carbocycles. The molecule has 2 atom stereocenters. The SMILES string of the molecule is CC1(OC(=O)COC(=O)C23CC4CC(C2)C(=O)C(C4)C3)C2CC3CC(C2)CC1C3. The van der Waals surface area contributed by atoms with Crippen LogP contribution in [0.5, 0.6) is 0 Å². The summed E-state index contributed by atoms with van der Waals surface area (Å²) < 4.78 is 11.6. The second kappa shape index (κ2) is 6.07. The first kappa shape index (κ1) is 18.4. The molecule has 8 bridgehead atoms. The van der Waals surface area contributed by atoms with Gasteiger partial charge >= 0.3 is 11.9 Å². The fourth-order valence-corrected chi connectivity index (χ4v) is 8.84. The van der Waals surface area contributed by atoms with Gasteiger partial charge in [-0.15, -0.1) is 0 Å². The van der Waals surface area contributed by atoms with Gasteiger partial charge in [0.05, 0.1) is 5.41 Å². The van der Waals surface area contributed by atoms with Gasteiger partial charge in [0, 0.05) is 11.8 Å². The molecule has 0 spiro atoms. The van der Waals surface area contributed by atoms with E-state index in [0.29, 0.717) is 36.4 Å². The Labute approximate surface area is 172 Å². The lowest BCUT2D eigenvalue weighted by Crippen LogP contribution is -2.58. The van der Waals surface area contributed by atoms with Crippen molar-refractivity contribution in [2.24, 2.45) is 46.8 Å². The molecule has 29 heavy (non-hydrogen) atoms. The van der Waals surface area contributed by atoms with Crippen LogP contribution in [0.1, 0.15) is 71.1 Å². The fourth-order valence-electron chi connectivity index (χ4n) is 8.84. The molecule has 0 saturated heterocycles. The molecule has 8 fully saturated rings. The molecule has 0 aromatic rings. The first-order valence-electron chi connectivity index (χ1n) is 11.8. The predicted molar refractivity (Wildman–Crippen MR) is 103 cm³/mol. The molecule has 0 radical (unpaired) electrons. The van der Waals surface area contributed by atoms with E-state index in [1.54, 1.807) is 0 Å². The zero-order valence-electron chi connectivity index (χ0n) is 17.4. The molecule has 0 amide bonds. The summed E-state index contributed by atoms with van der Waals surface area (Å²) in [6, 6.07) is 0. The smallest absolute Gasteiger partial charge is 0.344 e. The minimum absolute atomic E-state index is 0.0349. The van der Waals surface area contributed by atoms with Gasteiger partial charge in [0.15, 0.2) is 6.61 Å². The minimum atomic E-state index is -0.531. The molecule has 0 aliphatic heterocycles. The van der Waals surface area contributed by atoms with Crippen LogP contribution in [0.2, 0.25) is 0 Å². The molecule has 0 N–H and O–H groups in total. The van der Waals surface area contributed by atoms with Crippen molar-refractivity contribution in [1.82, 2.24) is 0 Å². The van der Waals surface area contributed by atoms with Crippen molar-refractivity contribution >= 4 is 17.7 Å². The van der Waals surface area contributed by atoms with E-state index in [-0.39, 0.29) is 30.0 Å². The van der Waals surface area contributed by atoms with E-state index in [9.17, 15) is 14.4 Å². The molecule has 5 heteroatoms. The number of rotatable bonds is 4. The van der Waals surface area contributed by atoms with Gasteiger partial charge in [-0.3, -0.25) is 9.59 Å². The molecule has 8 saturated carbocycles. The van der Waals surface area contributed by atoms with Crippen LogP contribution in [0.3, 0.4) is 0 Å². The number of ether oxygens (including phenoxy) is 2. The summed E-state index contributed by atoms with van der Waals surface area (Å²) in [6.45, 7) is 1.83.